The van der Waals surface area contributed by atoms with Crippen LogP contribution in [0.3, 0.4) is 0 Å². The van der Waals surface area contributed by atoms with E-state index < -0.39 is 0 Å². The van der Waals surface area contributed by atoms with Gasteiger partial charge in [0.1, 0.15) is 17.3 Å². The van der Waals surface area contributed by atoms with Crippen LogP contribution in [0.15, 0.2) is 18.5 Å². The zero-order chi connectivity index (χ0) is 13.7. The van der Waals surface area contributed by atoms with Gasteiger partial charge in [0.15, 0.2) is 5.82 Å². The molecule has 0 aliphatic heterocycles. The molecule has 102 valence electrons. The van der Waals surface area contributed by atoms with E-state index >= 15 is 0 Å². The third-order valence-electron chi connectivity index (χ3n) is 2.93. The topological polar surface area (TPSA) is 55.6 Å². The zero-order valence-corrected chi connectivity index (χ0v) is 11.8. The van der Waals surface area contributed by atoms with Gasteiger partial charge in [0.25, 0.3) is 0 Å². The molecule has 2 heterocycles. The van der Waals surface area contributed by atoms with Crippen molar-refractivity contribution in [1.82, 2.24) is 19.5 Å². The highest BCUT2D eigenvalue weighted by Gasteiger charge is 2.10. The first-order chi connectivity index (χ1) is 9.28. The molecule has 0 saturated heterocycles. The molecule has 1 N–H and O–H groups in total. The number of rotatable bonds is 6. The van der Waals surface area contributed by atoms with Crippen molar-refractivity contribution >= 4 is 5.82 Å². The standard InChI is InChI=1S/C14H21N5/c1-4-7-15-13-10-11(17-12(5-2)18-13)14-16-8-9-19(14)6-3/h8-10H,4-7H2,1-3H3,(H,15,17,18). The Balaban J connectivity index is 2.38. The predicted octanol–water partition coefficient (Wildman–Crippen LogP) is 2.74. The number of imidazole rings is 1. The van der Waals surface area contributed by atoms with Gasteiger partial charge in [-0.3, -0.25) is 0 Å². The minimum absolute atomic E-state index is 0.821. The fourth-order valence-corrected chi connectivity index (χ4v) is 1.91. The van der Waals surface area contributed by atoms with Crippen LogP contribution in [0.5, 0.6) is 0 Å². The van der Waals surface area contributed by atoms with E-state index in [0.717, 1.165) is 49.1 Å². The summed E-state index contributed by atoms with van der Waals surface area (Å²) in [7, 11) is 0. The van der Waals surface area contributed by atoms with Crippen LogP contribution in [-0.2, 0) is 13.0 Å². The summed E-state index contributed by atoms with van der Waals surface area (Å²) in [4.78, 5) is 13.5. The third-order valence-corrected chi connectivity index (χ3v) is 2.93. The van der Waals surface area contributed by atoms with Crippen molar-refractivity contribution in [2.24, 2.45) is 0 Å². The van der Waals surface area contributed by atoms with Crippen LogP contribution >= 0.6 is 0 Å². The molecule has 5 heteroatoms. The molecule has 0 unspecified atom stereocenters. The van der Waals surface area contributed by atoms with Gasteiger partial charge in [0.2, 0.25) is 0 Å². The molecule has 0 radical (unpaired) electrons. The van der Waals surface area contributed by atoms with Gasteiger partial charge in [-0.25, -0.2) is 15.0 Å². The van der Waals surface area contributed by atoms with E-state index in [0.29, 0.717) is 0 Å². The molecule has 2 aromatic rings. The van der Waals surface area contributed by atoms with Gasteiger partial charge in [-0.1, -0.05) is 13.8 Å². The molecule has 0 fully saturated rings. The highest BCUT2D eigenvalue weighted by Crippen LogP contribution is 2.18. The van der Waals surface area contributed by atoms with Gasteiger partial charge in [-0.2, -0.15) is 0 Å². The van der Waals surface area contributed by atoms with Gasteiger partial charge in [-0.15, -0.1) is 0 Å². The summed E-state index contributed by atoms with van der Waals surface area (Å²) in [6.45, 7) is 8.11. The van der Waals surface area contributed by atoms with Crippen LogP contribution in [0.25, 0.3) is 11.5 Å². The van der Waals surface area contributed by atoms with E-state index in [2.05, 4.69) is 45.6 Å². The number of anilines is 1. The molecule has 0 saturated carbocycles. The monoisotopic (exact) mass is 259 g/mol. The van der Waals surface area contributed by atoms with Crippen molar-refractivity contribution in [3.8, 4) is 11.5 Å². The Morgan fingerprint density at radius 1 is 1.21 bits per heavy atom. The predicted molar refractivity (Wildman–Crippen MR) is 77.1 cm³/mol. The van der Waals surface area contributed by atoms with Crippen LogP contribution in [0.1, 0.15) is 33.0 Å². The lowest BCUT2D eigenvalue weighted by Crippen LogP contribution is -2.07. The molecule has 19 heavy (non-hydrogen) atoms. The molecule has 0 aliphatic rings. The summed E-state index contributed by atoms with van der Waals surface area (Å²) in [5.74, 6) is 2.63. The highest BCUT2D eigenvalue weighted by atomic mass is 15.1. The van der Waals surface area contributed by atoms with Gasteiger partial charge >= 0.3 is 0 Å². The molecular weight excluding hydrogens is 238 g/mol. The third kappa shape index (κ3) is 3.10. The molecule has 0 bridgehead atoms. The average Bonchev–Trinajstić information content (AvgIpc) is 2.93. The summed E-state index contributed by atoms with van der Waals surface area (Å²) in [5, 5.41) is 3.32. The molecule has 2 rings (SSSR count). The first-order valence-electron chi connectivity index (χ1n) is 6.91. The average molecular weight is 259 g/mol. The molecule has 5 nitrogen and oxygen atoms in total. The van der Waals surface area contributed by atoms with E-state index in [1.54, 1.807) is 0 Å². The summed E-state index contributed by atoms with van der Waals surface area (Å²) < 4.78 is 2.09. The Kier molecular flexibility index (Phi) is 4.49. The van der Waals surface area contributed by atoms with E-state index in [4.69, 9.17) is 0 Å². The molecule has 0 aliphatic carbocycles. The number of nitrogens with one attached hydrogen (secondary N) is 1. The molecule has 0 aromatic carbocycles. The van der Waals surface area contributed by atoms with Crippen LogP contribution in [0, 0.1) is 0 Å². The summed E-state index contributed by atoms with van der Waals surface area (Å²) in [6, 6.07) is 1.98. The minimum Gasteiger partial charge on any atom is -0.370 e. The Morgan fingerprint density at radius 3 is 2.74 bits per heavy atom. The number of aryl methyl sites for hydroxylation is 2. The minimum atomic E-state index is 0.821. The maximum absolute atomic E-state index is 4.58. The van der Waals surface area contributed by atoms with Gasteiger partial charge in [0, 0.05) is 38.0 Å². The number of hydrogen-bond donors (Lipinski definition) is 1. The Labute approximate surface area is 114 Å². The number of hydrogen-bond acceptors (Lipinski definition) is 4. The number of nitrogens with zero attached hydrogens (tertiary/aromatic N) is 4. The van der Waals surface area contributed by atoms with Crippen LogP contribution in [-0.4, -0.2) is 26.1 Å². The van der Waals surface area contributed by atoms with Crippen LogP contribution in [0.2, 0.25) is 0 Å². The van der Waals surface area contributed by atoms with Crippen molar-refractivity contribution in [1.29, 1.82) is 0 Å². The molecule has 0 atom stereocenters. The van der Waals surface area contributed by atoms with E-state index in [1.807, 2.05) is 18.5 Å². The second-order valence-electron chi connectivity index (χ2n) is 4.37. The fraction of sp³-hybridized carbons (Fsp3) is 0.500. The van der Waals surface area contributed by atoms with Crippen LogP contribution in [0.4, 0.5) is 5.82 Å². The summed E-state index contributed by atoms with van der Waals surface area (Å²) in [5.41, 5.74) is 0.886. The largest absolute Gasteiger partial charge is 0.370 e. The Bertz CT molecular complexity index is 532. The lowest BCUT2D eigenvalue weighted by atomic mass is 10.3. The second kappa shape index (κ2) is 6.31. The van der Waals surface area contributed by atoms with Crippen molar-refractivity contribution < 1.29 is 0 Å². The van der Waals surface area contributed by atoms with Crippen molar-refractivity contribution in [2.45, 2.75) is 40.2 Å². The summed E-state index contributed by atoms with van der Waals surface area (Å²) in [6.07, 6.45) is 5.68. The SMILES string of the molecule is CCCNc1cc(-c2nccn2CC)nc(CC)n1. The maximum Gasteiger partial charge on any atom is 0.158 e. The fourth-order valence-electron chi connectivity index (χ4n) is 1.91. The van der Waals surface area contributed by atoms with Crippen molar-refractivity contribution in [3.63, 3.8) is 0 Å². The van der Waals surface area contributed by atoms with Gasteiger partial charge < -0.3 is 9.88 Å². The lowest BCUT2D eigenvalue weighted by molar-refractivity contribution is 0.765. The first kappa shape index (κ1) is 13.5. The lowest BCUT2D eigenvalue weighted by Gasteiger charge is -2.09. The Hall–Kier alpha value is -1.91. The van der Waals surface area contributed by atoms with Crippen molar-refractivity contribution in [2.75, 3.05) is 11.9 Å². The van der Waals surface area contributed by atoms with Gasteiger partial charge in [-0.05, 0) is 13.3 Å². The van der Waals surface area contributed by atoms with Crippen molar-refractivity contribution in [3.05, 3.63) is 24.3 Å². The molecular formula is C14H21N5. The molecule has 0 amide bonds. The van der Waals surface area contributed by atoms with E-state index in [-0.39, 0.29) is 0 Å². The van der Waals surface area contributed by atoms with E-state index in [9.17, 15) is 0 Å². The number of aromatic nitrogens is 4. The second-order valence-corrected chi connectivity index (χ2v) is 4.37. The summed E-state index contributed by atoms with van der Waals surface area (Å²) >= 11 is 0. The smallest absolute Gasteiger partial charge is 0.158 e. The van der Waals surface area contributed by atoms with E-state index in [1.165, 1.54) is 0 Å². The molecule has 0 spiro atoms. The quantitative estimate of drug-likeness (QED) is 0.866. The first-order valence-corrected chi connectivity index (χ1v) is 6.91. The van der Waals surface area contributed by atoms with Crippen LogP contribution < -0.4 is 5.32 Å². The van der Waals surface area contributed by atoms with Gasteiger partial charge in [0.05, 0.1) is 0 Å². The zero-order valence-electron chi connectivity index (χ0n) is 11.8. The highest BCUT2D eigenvalue weighted by molar-refractivity contribution is 5.55. The normalized spacial score (nSPS) is 10.7. The maximum atomic E-state index is 4.58. The molecule has 2 aromatic heterocycles. The Morgan fingerprint density at radius 2 is 2.05 bits per heavy atom.